The Morgan fingerprint density at radius 2 is 1.45 bits per heavy atom. The van der Waals surface area contributed by atoms with Crippen molar-refractivity contribution in [2.45, 2.75) is 13.8 Å². The van der Waals surface area contributed by atoms with Gasteiger partial charge in [0.25, 0.3) is 0 Å². The SMILES string of the molecule is [CH2-]C(C)C.[Y].[c-]1ccccc1. The van der Waals surface area contributed by atoms with Crippen molar-refractivity contribution in [3.63, 3.8) is 0 Å². The van der Waals surface area contributed by atoms with Crippen LogP contribution in [0.4, 0.5) is 0 Å². The molecule has 0 spiro atoms. The zero-order chi connectivity index (χ0) is 7.82. The molecule has 0 nitrogen and oxygen atoms in total. The van der Waals surface area contributed by atoms with E-state index in [1.165, 1.54) is 0 Å². The van der Waals surface area contributed by atoms with Crippen LogP contribution in [0.15, 0.2) is 30.3 Å². The van der Waals surface area contributed by atoms with E-state index in [9.17, 15) is 0 Å². The van der Waals surface area contributed by atoms with Crippen LogP contribution in [-0.4, -0.2) is 0 Å². The Kier molecular flexibility index (Phi) is 13.0. The number of hydrogen-bond acceptors (Lipinski definition) is 0. The molecule has 0 fully saturated rings. The molecule has 11 heavy (non-hydrogen) atoms. The minimum absolute atomic E-state index is 0. The third kappa shape index (κ3) is 17.9. The van der Waals surface area contributed by atoms with Gasteiger partial charge in [-0.15, -0.1) is 0 Å². The van der Waals surface area contributed by atoms with Crippen molar-refractivity contribution < 1.29 is 32.7 Å². The van der Waals surface area contributed by atoms with E-state index in [0.717, 1.165) is 0 Å². The van der Waals surface area contributed by atoms with Crippen LogP contribution in [0.3, 0.4) is 0 Å². The molecule has 1 rings (SSSR count). The van der Waals surface area contributed by atoms with Gasteiger partial charge in [-0.3, -0.25) is 0 Å². The Morgan fingerprint density at radius 3 is 1.55 bits per heavy atom. The van der Waals surface area contributed by atoms with Gasteiger partial charge in [0.2, 0.25) is 0 Å². The van der Waals surface area contributed by atoms with Crippen LogP contribution >= 0.6 is 0 Å². The van der Waals surface area contributed by atoms with Gasteiger partial charge in [-0.05, 0) is 0 Å². The van der Waals surface area contributed by atoms with Crippen molar-refractivity contribution in [1.29, 1.82) is 0 Å². The van der Waals surface area contributed by atoms with E-state index in [1.54, 1.807) is 0 Å². The molecular formula is C10H14Y-2. The molecule has 1 aromatic rings. The molecule has 0 aliphatic heterocycles. The fourth-order valence-electron chi connectivity index (χ4n) is 0.342. The summed E-state index contributed by atoms with van der Waals surface area (Å²) in [6.45, 7) is 7.75. The molecule has 0 atom stereocenters. The van der Waals surface area contributed by atoms with E-state index in [1.807, 2.05) is 30.3 Å². The maximum atomic E-state index is 3.64. The topological polar surface area (TPSA) is 0 Å². The summed E-state index contributed by atoms with van der Waals surface area (Å²) < 4.78 is 0. The first-order valence-electron chi connectivity index (χ1n) is 3.47. The average molecular weight is 223 g/mol. The van der Waals surface area contributed by atoms with E-state index >= 15 is 0 Å². The molecule has 0 amide bonds. The number of benzene rings is 1. The van der Waals surface area contributed by atoms with Gasteiger partial charge >= 0.3 is 0 Å². The minimum Gasteiger partial charge on any atom is -0.341 e. The fourth-order valence-corrected chi connectivity index (χ4v) is 0.342. The molecule has 0 aliphatic rings. The van der Waals surface area contributed by atoms with Gasteiger partial charge < -0.3 is 6.92 Å². The first-order chi connectivity index (χ1) is 4.73. The molecule has 0 aromatic heterocycles. The minimum atomic E-state index is 0. The molecule has 59 valence electrons. The average Bonchev–Trinajstić information content (AvgIpc) is 1.90. The second-order valence-electron chi connectivity index (χ2n) is 2.47. The maximum absolute atomic E-state index is 3.64. The largest absolute Gasteiger partial charge is 0.341 e. The standard InChI is InChI=1S/C6H5.C4H9.Y/c1-2-4-6-5-3-1;1-4(2)3;/h1-5H;4H,1H2,2-3H3;/q2*-1;. The third-order valence-electron chi connectivity index (χ3n) is 0.607. The van der Waals surface area contributed by atoms with E-state index in [2.05, 4.69) is 26.8 Å². The summed E-state index contributed by atoms with van der Waals surface area (Å²) in [5.74, 6) is 0.583. The van der Waals surface area contributed by atoms with Gasteiger partial charge in [0, 0.05) is 32.7 Å². The second kappa shape index (κ2) is 10.3. The van der Waals surface area contributed by atoms with Crippen molar-refractivity contribution in [3.8, 4) is 0 Å². The van der Waals surface area contributed by atoms with Crippen LogP contribution in [-0.2, 0) is 32.7 Å². The van der Waals surface area contributed by atoms with Gasteiger partial charge in [0.15, 0.2) is 0 Å². The van der Waals surface area contributed by atoms with E-state index in [-0.39, 0.29) is 32.7 Å². The Labute approximate surface area is 95.3 Å². The summed E-state index contributed by atoms with van der Waals surface area (Å²) in [4.78, 5) is 0. The number of hydrogen-bond donors (Lipinski definition) is 0. The Hall–Kier alpha value is 0.324. The molecule has 1 aromatic carbocycles. The predicted octanol–water partition coefficient (Wildman–Crippen LogP) is 2.96. The van der Waals surface area contributed by atoms with Gasteiger partial charge in [-0.25, -0.2) is 0 Å². The molecule has 1 radical (unpaired) electrons. The van der Waals surface area contributed by atoms with Crippen LogP contribution < -0.4 is 0 Å². The van der Waals surface area contributed by atoms with E-state index < -0.39 is 0 Å². The van der Waals surface area contributed by atoms with Crippen molar-refractivity contribution in [2.24, 2.45) is 5.92 Å². The molecule has 0 heterocycles. The molecule has 0 saturated heterocycles. The maximum Gasteiger partial charge on any atom is 0 e. The Morgan fingerprint density at radius 1 is 1.09 bits per heavy atom. The van der Waals surface area contributed by atoms with Crippen LogP contribution in [0.2, 0.25) is 0 Å². The smallest absolute Gasteiger partial charge is 0 e. The summed E-state index contributed by atoms with van der Waals surface area (Å²) in [6.07, 6.45) is 0. The molecule has 1 heteroatoms. The van der Waals surface area contributed by atoms with Crippen molar-refractivity contribution in [3.05, 3.63) is 43.3 Å². The third-order valence-corrected chi connectivity index (χ3v) is 0.607. The van der Waals surface area contributed by atoms with Crippen molar-refractivity contribution in [2.75, 3.05) is 0 Å². The van der Waals surface area contributed by atoms with Gasteiger partial charge in [0.1, 0.15) is 0 Å². The van der Waals surface area contributed by atoms with Crippen LogP contribution in [0, 0.1) is 18.9 Å². The summed E-state index contributed by atoms with van der Waals surface area (Å²) in [5, 5.41) is 0. The quantitative estimate of drug-likeness (QED) is 0.593. The van der Waals surface area contributed by atoms with Crippen LogP contribution in [0.1, 0.15) is 13.8 Å². The normalized spacial score (nSPS) is 7.64. The van der Waals surface area contributed by atoms with Crippen LogP contribution in [0.5, 0.6) is 0 Å². The Balaban J connectivity index is 0. The van der Waals surface area contributed by atoms with Crippen molar-refractivity contribution >= 4 is 0 Å². The molecule has 0 aliphatic carbocycles. The zero-order valence-corrected chi connectivity index (χ0v) is 10.1. The zero-order valence-electron chi connectivity index (χ0n) is 7.25. The monoisotopic (exact) mass is 223 g/mol. The van der Waals surface area contributed by atoms with E-state index in [4.69, 9.17) is 0 Å². The summed E-state index contributed by atoms with van der Waals surface area (Å²) in [5.41, 5.74) is 0. The number of rotatable bonds is 0. The predicted molar refractivity (Wildman–Crippen MR) is 45.5 cm³/mol. The van der Waals surface area contributed by atoms with E-state index in [0.29, 0.717) is 5.92 Å². The summed E-state index contributed by atoms with van der Waals surface area (Å²) in [6, 6.07) is 12.5. The molecular weight excluding hydrogens is 209 g/mol. The second-order valence-corrected chi connectivity index (χ2v) is 2.47. The summed E-state index contributed by atoms with van der Waals surface area (Å²) in [7, 11) is 0. The molecule has 0 N–H and O–H groups in total. The Bertz CT molecular complexity index is 105. The summed E-state index contributed by atoms with van der Waals surface area (Å²) >= 11 is 0. The van der Waals surface area contributed by atoms with Gasteiger partial charge in [0.05, 0.1) is 0 Å². The van der Waals surface area contributed by atoms with Gasteiger partial charge in [-0.1, -0.05) is 13.8 Å². The van der Waals surface area contributed by atoms with Crippen molar-refractivity contribution in [1.82, 2.24) is 0 Å². The molecule has 0 bridgehead atoms. The first-order valence-corrected chi connectivity index (χ1v) is 3.47. The molecule has 0 saturated carbocycles. The first kappa shape index (κ1) is 13.9. The molecule has 0 unspecified atom stereocenters. The fraction of sp³-hybridized carbons (Fsp3) is 0.300. The van der Waals surface area contributed by atoms with Crippen LogP contribution in [0.25, 0.3) is 0 Å². The van der Waals surface area contributed by atoms with Gasteiger partial charge in [-0.2, -0.15) is 42.3 Å².